The lowest BCUT2D eigenvalue weighted by Gasteiger charge is -2.12. The predicted octanol–water partition coefficient (Wildman–Crippen LogP) is 4.08. The van der Waals surface area contributed by atoms with Gasteiger partial charge in [0.2, 0.25) is 5.88 Å². The summed E-state index contributed by atoms with van der Waals surface area (Å²) in [5.41, 5.74) is 0.981. The highest BCUT2D eigenvalue weighted by Gasteiger charge is 2.32. The van der Waals surface area contributed by atoms with Gasteiger partial charge in [-0.1, -0.05) is 15.9 Å². The molecule has 9 heteroatoms. The van der Waals surface area contributed by atoms with Crippen LogP contribution in [0.2, 0.25) is 0 Å². The normalized spacial score (nSPS) is 11.3. The first-order chi connectivity index (χ1) is 9.79. The van der Waals surface area contributed by atoms with E-state index < -0.39 is 23.4 Å². The van der Waals surface area contributed by atoms with Crippen molar-refractivity contribution in [3.05, 3.63) is 46.2 Å². The molecule has 21 heavy (non-hydrogen) atoms. The molecule has 0 bridgehead atoms. The molecule has 0 aliphatic carbocycles. The van der Waals surface area contributed by atoms with Crippen molar-refractivity contribution in [2.75, 3.05) is 5.43 Å². The summed E-state index contributed by atoms with van der Waals surface area (Å²) in [6, 6.07) is 5.23. The molecule has 1 aromatic heterocycles. The lowest BCUT2D eigenvalue weighted by Crippen LogP contribution is -2.12. The standard InChI is InChI=1S/C12H8BrF4N3O/c13-7-1-2-9(8(14)5-7)21-11-4-6(12(15,16)17)3-10(19-11)20-18/h1-5H,18H2,(H,19,20). The minimum atomic E-state index is -4.61. The first kappa shape index (κ1) is 15.5. The third kappa shape index (κ3) is 3.82. The largest absolute Gasteiger partial charge is 0.436 e. The van der Waals surface area contributed by atoms with Crippen molar-refractivity contribution in [2.24, 2.45) is 5.84 Å². The highest BCUT2D eigenvalue weighted by molar-refractivity contribution is 9.10. The third-order valence-electron chi connectivity index (χ3n) is 2.39. The van der Waals surface area contributed by atoms with E-state index >= 15 is 0 Å². The van der Waals surface area contributed by atoms with Crippen LogP contribution in [0.1, 0.15) is 5.56 Å². The molecule has 0 saturated heterocycles. The first-order valence-electron chi connectivity index (χ1n) is 5.48. The molecule has 1 aromatic carbocycles. The number of halogens is 5. The van der Waals surface area contributed by atoms with Gasteiger partial charge in [-0.25, -0.2) is 10.2 Å². The molecule has 112 valence electrons. The van der Waals surface area contributed by atoms with Crippen molar-refractivity contribution in [1.82, 2.24) is 4.98 Å². The van der Waals surface area contributed by atoms with Crippen LogP contribution in [0.5, 0.6) is 11.6 Å². The number of alkyl halides is 3. The summed E-state index contributed by atoms with van der Waals surface area (Å²) in [4.78, 5) is 3.69. The van der Waals surface area contributed by atoms with Crippen LogP contribution in [-0.4, -0.2) is 4.98 Å². The molecule has 0 fully saturated rings. The SMILES string of the molecule is NNc1cc(C(F)(F)F)cc(Oc2ccc(Br)cc2F)n1. The molecule has 3 N–H and O–H groups in total. The Labute approximate surface area is 125 Å². The van der Waals surface area contributed by atoms with Gasteiger partial charge >= 0.3 is 6.18 Å². The van der Waals surface area contributed by atoms with Crippen LogP contribution in [0.4, 0.5) is 23.4 Å². The average molecular weight is 366 g/mol. The number of aromatic nitrogens is 1. The Morgan fingerprint density at radius 3 is 2.48 bits per heavy atom. The molecule has 2 rings (SSSR count). The first-order valence-corrected chi connectivity index (χ1v) is 6.27. The van der Waals surface area contributed by atoms with E-state index in [-0.39, 0.29) is 11.6 Å². The van der Waals surface area contributed by atoms with Gasteiger partial charge in [-0.05, 0) is 24.3 Å². The number of rotatable bonds is 3. The van der Waals surface area contributed by atoms with Gasteiger partial charge in [0, 0.05) is 10.5 Å². The van der Waals surface area contributed by atoms with Crippen molar-refractivity contribution >= 4 is 21.7 Å². The molecule has 0 radical (unpaired) electrons. The smallest absolute Gasteiger partial charge is 0.416 e. The molecule has 0 unspecified atom stereocenters. The minimum Gasteiger partial charge on any atom is -0.436 e. The zero-order chi connectivity index (χ0) is 15.6. The summed E-state index contributed by atoms with van der Waals surface area (Å²) in [5.74, 6) is 3.37. The lowest BCUT2D eigenvalue weighted by atomic mass is 10.2. The predicted molar refractivity (Wildman–Crippen MR) is 71.2 cm³/mol. The minimum absolute atomic E-state index is 0.252. The summed E-state index contributed by atoms with van der Waals surface area (Å²) in [6.45, 7) is 0. The second-order valence-electron chi connectivity index (χ2n) is 3.90. The van der Waals surface area contributed by atoms with Gasteiger partial charge in [-0.3, -0.25) is 0 Å². The highest BCUT2D eigenvalue weighted by atomic mass is 79.9. The number of nitrogens with zero attached hydrogens (tertiary/aromatic N) is 1. The molecular weight excluding hydrogens is 358 g/mol. The molecule has 4 nitrogen and oxygen atoms in total. The van der Waals surface area contributed by atoms with Crippen LogP contribution in [0.3, 0.4) is 0 Å². The van der Waals surface area contributed by atoms with Crippen LogP contribution >= 0.6 is 15.9 Å². The van der Waals surface area contributed by atoms with E-state index in [1.54, 1.807) is 0 Å². The van der Waals surface area contributed by atoms with Gasteiger partial charge in [0.1, 0.15) is 5.82 Å². The van der Waals surface area contributed by atoms with Crippen LogP contribution in [0.25, 0.3) is 0 Å². The fourth-order valence-corrected chi connectivity index (χ4v) is 1.80. The molecule has 0 atom stereocenters. The number of pyridine rings is 1. The van der Waals surface area contributed by atoms with Gasteiger partial charge in [0.25, 0.3) is 0 Å². The Morgan fingerprint density at radius 2 is 1.90 bits per heavy atom. The van der Waals surface area contributed by atoms with Crippen LogP contribution in [-0.2, 0) is 6.18 Å². The molecule has 0 amide bonds. The summed E-state index contributed by atoms with van der Waals surface area (Å²) in [6.07, 6.45) is -4.61. The van der Waals surface area contributed by atoms with Crippen molar-refractivity contribution in [2.45, 2.75) is 6.18 Å². The van der Waals surface area contributed by atoms with Crippen LogP contribution in [0.15, 0.2) is 34.8 Å². The Morgan fingerprint density at radius 1 is 1.19 bits per heavy atom. The van der Waals surface area contributed by atoms with E-state index in [1.165, 1.54) is 12.1 Å². The fraction of sp³-hybridized carbons (Fsp3) is 0.0833. The molecule has 2 aromatic rings. The zero-order valence-electron chi connectivity index (χ0n) is 10.2. The summed E-state index contributed by atoms with van der Waals surface area (Å²) in [7, 11) is 0. The fourth-order valence-electron chi connectivity index (χ4n) is 1.47. The van der Waals surface area contributed by atoms with E-state index in [0.29, 0.717) is 16.6 Å². The summed E-state index contributed by atoms with van der Waals surface area (Å²) < 4.78 is 57.3. The Bertz CT molecular complexity index is 663. The number of benzene rings is 1. The van der Waals surface area contributed by atoms with Crippen LogP contribution in [0, 0.1) is 5.82 Å². The van der Waals surface area contributed by atoms with Crippen molar-refractivity contribution in [3.63, 3.8) is 0 Å². The maximum Gasteiger partial charge on any atom is 0.416 e. The number of nitrogens with one attached hydrogen (secondary N) is 1. The third-order valence-corrected chi connectivity index (χ3v) is 2.88. The number of nitrogens with two attached hydrogens (primary N) is 1. The van der Waals surface area contributed by atoms with Crippen molar-refractivity contribution in [1.29, 1.82) is 0 Å². The Hall–Kier alpha value is -1.87. The topological polar surface area (TPSA) is 60.2 Å². The number of hydrazine groups is 1. The van der Waals surface area contributed by atoms with E-state index in [9.17, 15) is 17.6 Å². The second-order valence-corrected chi connectivity index (χ2v) is 4.81. The van der Waals surface area contributed by atoms with E-state index in [2.05, 4.69) is 20.9 Å². The molecule has 0 aliphatic rings. The molecule has 1 heterocycles. The number of hydrogen-bond donors (Lipinski definition) is 2. The van der Waals surface area contributed by atoms with E-state index in [1.807, 2.05) is 5.43 Å². The van der Waals surface area contributed by atoms with E-state index in [4.69, 9.17) is 10.6 Å². The van der Waals surface area contributed by atoms with Gasteiger partial charge in [0.15, 0.2) is 11.6 Å². The van der Waals surface area contributed by atoms with Crippen molar-refractivity contribution in [3.8, 4) is 11.6 Å². The average Bonchev–Trinajstić information content (AvgIpc) is 2.40. The van der Waals surface area contributed by atoms with Gasteiger partial charge < -0.3 is 10.2 Å². The number of ether oxygens (including phenoxy) is 1. The summed E-state index contributed by atoms with van der Waals surface area (Å²) >= 11 is 3.06. The second kappa shape index (κ2) is 5.86. The number of anilines is 1. The van der Waals surface area contributed by atoms with Crippen molar-refractivity contribution < 1.29 is 22.3 Å². The van der Waals surface area contributed by atoms with E-state index in [0.717, 1.165) is 6.07 Å². The quantitative estimate of drug-likeness (QED) is 0.488. The van der Waals surface area contributed by atoms with Gasteiger partial charge in [0.05, 0.1) is 5.56 Å². The molecule has 0 spiro atoms. The van der Waals surface area contributed by atoms with Crippen LogP contribution < -0.4 is 16.0 Å². The molecular formula is C12H8BrF4N3O. The number of nitrogen functional groups attached to an aromatic ring is 1. The summed E-state index contributed by atoms with van der Waals surface area (Å²) in [5, 5.41) is 0. The number of hydrogen-bond acceptors (Lipinski definition) is 4. The zero-order valence-corrected chi connectivity index (χ0v) is 11.8. The molecule has 0 aliphatic heterocycles. The maximum atomic E-state index is 13.6. The lowest BCUT2D eigenvalue weighted by molar-refractivity contribution is -0.137. The Balaban J connectivity index is 2.39. The highest BCUT2D eigenvalue weighted by Crippen LogP contribution is 2.34. The maximum absolute atomic E-state index is 13.6. The van der Waals surface area contributed by atoms with Gasteiger partial charge in [-0.2, -0.15) is 18.2 Å². The van der Waals surface area contributed by atoms with Gasteiger partial charge in [-0.15, -0.1) is 0 Å². The Kier molecular flexibility index (Phi) is 4.33. The monoisotopic (exact) mass is 365 g/mol. The molecule has 0 saturated carbocycles.